The molecule has 0 bridgehead atoms. The number of amides is 2. The molecule has 25 heavy (non-hydrogen) atoms. The second-order valence-electron chi connectivity index (χ2n) is 6.88. The van der Waals surface area contributed by atoms with Crippen LogP contribution in [0.1, 0.15) is 30.6 Å². The maximum Gasteiger partial charge on any atom is 0.256 e. The molecule has 0 aliphatic carbocycles. The molecule has 1 aromatic rings. The second kappa shape index (κ2) is 8.63. The van der Waals surface area contributed by atoms with Gasteiger partial charge in [0.05, 0.1) is 10.6 Å². The number of carbonyl (C=O) groups is 2. The molecule has 0 spiro atoms. The van der Waals surface area contributed by atoms with Crippen LogP contribution in [0.25, 0.3) is 0 Å². The van der Waals surface area contributed by atoms with E-state index in [1.807, 2.05) is 20.9 Å². The number of halogens is 2. The largest absolute Gasteiger partial charge is 0.340 e. The zero-order chi connectivity index (χ0) is 18.6. The minimum Gasteiger partial charge on any atom is -0.340 e. The fourth-order valence-electron chi connectivity index (χ4n) is 2.89. The van der Waals surface area contributed by atoms with E-state index in [0.29, 0.717) is 19.5 Å². The van der Waals surface area contributed by atoms with E-state index in [1.54, 1.807) is 4.90 Å². The molecular formula is C18H25ClFN3O2. The van der Waals surface area contributed by atoms with E-state index in [4.69, 9.17) is 11.6 Å². The summed E-state index contributed by atoms with van der Waals surface area (Å²) in [5.74, 6) is -1.27. The number of piperazine rings is 1. The molecule has 0 aromatic heterocycles. The summed E-state index contributed by atoms with van der Waals surface area (Å²) in [5.41, 5.74) is -0.218. The van der Waals surface area contributed by atoms with Crippen LogP contribution in [0.2, 0.25) is 5.02 Å². The first-order valence-corrected chi connectivity index (χ1v) is 8.89. The normalized spacial score (nSPS) is 16.8. The number of rotatable bonds is 5. The molecule has 1 heterocycles. The monoisotopic (exact) mass is 369 g/mol. The number of likely N-dealkylation sites (N-methyl/N-ethyl adjacent to an activating group) is 1. The Morgan fingerprint density at radius 3 is 2.44 bits per heavy atom. The summed E-state index contributed by atoms with van der Waals surface area (Å²) >= 11 is 5.96. The summed E-state index contributed by atoms with van der Waals surface area (Å²) in [4.78, 5) is 29.3. The second-order valence-corrected chi connectivity index (χ2v) is 7.29. The summed E-state index contributed by atoms with van der Waals surface area (Å²) in [7, 11) is 2.01. The number of hydrogen-bond donors (Lipinski definition) is 1. The standard InChI is InChI=1S/C18H25ClFN3O2/c1-12(2)11-15(18(25)23-9-7-22(3)8-10-23)21-17(24)16-13(19)5-4-6-14(16)20/h4-6,12,15H,7-11H2,1-3H3,(H,21,24)/t15-/m1/s1. The van der Waals surface area contributed by atoms with Crippen LogP contribution in [0.3, 0.4) is 0 Å². The Kier molecular flexibility index (Phi) is 6.79. The Balaban J connectivity index is 2.14. The van der Waals surface area contributed by atoms with Crippen LogP contribution in [0.4, 0.5) is 4.39 Å². The predicted octanol–water partition coefficient (Wildman–Crippen LogP) is 2.40. The molecule has 1 aliphatic heterocycles. The predicted molar refractivity (Wildman–Crippen MR) is 96.2 cm³/mol. The van der Waals surface area contributed by atoms with Crippen LogP contribution in [-0.4, -0.2) is 60.9 Å². The van der Waals surface area contributed by atoms with Gasteiger partial charge in [-0.1, -0.05) is 31.5 Å². The van der Waals surface area contributed by atoms with Crippen molar-refractivity contribution in [2.45, 2.75) is 26.3 Å². The first-order chi connectivity index (χ1) is 11.8. The van der Waals surface area contributed by atoms with Gasteiger partial charge in [0.1, 0.15) is 11.9 Å². The highest BCUT2D eigenvalue weighted by Gasteiger charge is 2.29. The molecular weight excluding hydrogens is 345 g/mol. The van der Waals surface area contributed by atoms with E-state index in [1.165, 1.54) is 18.2 Å². The first-order valence-electron chi connectivity index (χ1n) is 8.51. The molecule has 1 fully saturated rings. The third-order valence-electron chi connectivity index (χ3n) is 4.32. The summed E-state index contributed by atoms with van der Waals surface area (Å²) in [6.45, 7) is 6.81. The highest BCUT2D eigenvalue weighted by atomic mass is 35.5. The maximum absolute atomic E-state index is 14.0. The Hall–Kier alpha value is -1.66. The van der Waals surface area contributed by atoms with Crippen LogP contribution in [0.15, 0.2) is 18.2 Å². The molecule has 1 aliphatic rings. The zero-order valence-electron chi connectivity index (χ0n) is 14.9. The highest BCUT2D eigenvalue weighted by Crippen LogP contribution is 2.20. The van der Waals surface area contributed by atoms with Gasteiger partial charge in [-0.25, -0.2) is 4.39 Å². The van der Waals surface area contributed by atoms with Crippen LogP contribution in [0.5, 0.6) is 0 Å². The fraction of sp³-hybridized carbons (Fsp3) is 0.556. The number of hydrogen-bond acceptors (Lipinski definition) is 3. The Labute approximate surface area is 153 Å². The lowest BCUT2D eigenvalue weighted by molar-refractivity contribution is -0.135. The molecule has 1 saturated heterocycles. The number of benzene rings is 1. The lowest BCUT2D eigenvalue weighted by Gasteiger charge is -2.35. The first kappa shape index (κ1) is 19.7. The van der Waals surface area contributed by atoms with Crippen molar-refractivity contribution < 1.29 is 14.0 Å². The van der Waals surface area contributed by atoms with Crippen molar-refractivity contribution in [2.24, 2.45) is 5.92 Å². The maximum atomic E-state index is 14.0. The van der Waals surface area contributed by atoms with Gasteiger partial charge in [-0.2, -0.15) is 0 Å². The number of nitrogens with zero attached hydrogens (tertiary/aromatic N) is 2. The van der Waals surface area contributed by atoms with Gasteiger partial charge in [0, 0.05) is 26.2 Å². The molecule has 0 unspecified atom stereocenters. The van der Waals surface area contributed by atoms with E-state index in [2.05, 4.69) is 10.2 Å². The highest BCUT2D eigenvalue weighted by molar-refractivity contribution is 6.33. The molecule has 7 heteroatoms. The van der Waals surface area contributed by atoms with Crippen molar-refractivity contribution in [3.8, 4) is 0 Å². The van der Waals surface area contributed by atoms with Crippen LogP contribution < -0.4 is 5.32 Å². The van der Waals surface area contributed by atoms with Crippen LogP contribution >= 0.6 is 11.6 Å². The summed E-state index contributed by atoms with van der Waals surface area (Å²) in [6.07, 6.45) is 0.489. The van der Waals surface area contributed by atoms with Crippen molar-refractivity contribution in [3.63, 3.8) is 0 Å². The van der Waals surface area contributed by atoms with Gasteiger partial charge in [0.25, 0.3) is 5.91 Å². The van der Waals surface area contributed by atoms with Crippen LogP contribution in [-0.2, 0) is 4.79 Å². The van der Waals surface area contributed by atoms with E-state index in [0.717, 1.165) is 13.1 Å². The van der Waals surface area contributed by atoms with Gasteiger partial charge >= 0.3 is 0 Å². The van der Waals surface area contributed by atoms with E-state index >= 15 is 0 Å². The summed E-state index contributed by atoms with van der Waals surface area (Å²) in [6, 6.07) is 3.39. The molecule has 138 valence electrons. The third-order valence-corrected chi connectivity index (χ3v) is 4.63. The third kappa shape index (κ3) is 5.16. The van der Waals surface area contributed by atoms with Crippen molar-refractivity contribution in [1.82, 2.24) is 15.1 Å². The molecule has 0 radical (unpaired) electrons. The van der Waals surface area contributed by atoms with Crippen molar-refractivity contribution in [3.05, 3.63) is 34.6 Å². The van der Waals surface area contributed by atoms with Gasteiger partial charge in [0.2, 0.25) is 5.91 Å². The van der Waals surface area contributed by atoms with Gasteiger partial charge in [-0.05, 0) is 31.5 Å². The number of carbonyl (C=O) groups excluding carboxylic acids is 2. The molecule has 1 N–H and O–H groups in total. The Morgan fingerprint density at radius 2 is 1.88 bits per heavy atom. The Bertz CT molecular complexity index is 610. The van der Waals surface area contributed by atoms with Crippen molar-refractivity contribution >= 4 is 23.4 Å². The van der Waals surface area contributed by atoms with Gasteiger partial charge < -0.3 is 15.1 Å². The number of nitrogens with one attached hydrogen (secondary N) is 1. The zero-order valence-corrected chi connectivity index (χ0v) is 15.6. The SMILES string of the molecule is CC(C)C[C@@H](NC(=O)c1c(F)cccc1Cl)C(=O)N1CCN(C)CC1. The summed E-state index contributed by atoms with van der Waals surface area (Å²) in [5, 5.41) is 2.72. The lowest BCUT2D eigenvalue weighted by atomic mass is 10.0. The molecule has 2 amide bonds. The molecule has 5 nitrogen and oxygen atoms in total. The summed E-state index contributed by atoms with van der Waals surface area (Å²) < 4.78 is 14.0. The minimum atomic E-state index is -0.694. The van der Waals surface area contributed by atoms with Gasteiger partial charge in [-0.15, -0.1) is 0 Å². The fourth-order valence-corrected chi connectivity index (χ4v) is 3.13. The minimum absolute atomic E-state index is 0.0350. The molecule has 2 rings (SSSR count). The Morgan fingerprint density at radius 1 is 1.24 bits per heavy atom. The smallest absolute Gasteiger partial charge is 0.256 e. The van der Waals surface area contributed by atoms with E-state index in [-0.39, 0.29) is 22.4 Å². The van der Waals surface area contributed by atoms with Crippen molar-refractivity contribution in [1.29, 1.82) is 0 Å². The van der Waals surface area contributed by atoms with E-state index in [9.17, 15) is 14.0 Å². The quantitative estimate of drug-likeness (QED) is 0.867. The molecule has 0 saturated carbocycles. The molecule has 1 atom stereocenters. The average molecular weight is 370 g/mol. The molecule has 1 aromatic carbocycles. The van der Waals surface area contributed by atoms with Crippen LogP contribution in [0, 0.1) is 11.7 Å². The average Bonchev–Trinajstić information content (AvgIpc) is 2.53. The topological polar surface area (TPSA) is 52.7 Å². The lowest BCUT2D eigenvalue weighted by Crippen LogP contribution is -2.54. The van der Waals surface area contributed by atoms with Crippen molar-refractivity contribution in [2.75, 3.05) is 33.2 Å². The van der Waals surface area contributed by atoms with E-state index < -0.39 is 17.8 Å². The van der Waals surface area contributed by atoms with Gasteiger partial charge in [-0.3, -0.25) is 9.59 Å². The van der Waals surface area contributed by atoms with Gasteiger partial charge in [0.15, 0.2) is 0 Å².